The zero-order valence-electron chi connectivity index (χ0n) is 7.00. The van der Waals surface area contributed by atoms with Crippen molar-refractivity contribution in [2.24, 2.45) is 11.7 Å². The Kier molecular flexibility index (Phi) is 3.18. The van der Waals surface area contributed by atoms with Gasteiger partial charge in [0.15, 0.2) is 0 Å². The smallest absolute Gasteiger partial charge is 0.351 e. The lowest BCUT2D eigenvalue weighted by atomic mass is 9.88. The molecular formula is C7H12FNO3. The molecule has 2 unspecified atom stereocenters. The molecule has 0 aliphatic carbocycles. The van der Waals surface area contributed by atoms with Crippen LogP contribution in [0.1, 0.15) is 20.3 Å². The molecule has 0 radical (unpaired) electrons. The van der Waals surface area contributed by atoms with E-state index in [4.69, 9.17) is 5.11 Å². The zero-order chi connectivity index (χ0) is 9.94. The Bertz CT molecular complexity index is 191. The van der Waals surface area contributed by atoms with Crippen LogP contribution < -0.4 is 5.73 Å². The van der Waals surface area contributed by atoms with Gasteiger partial charge in [-0.05, 0) is 6.42 Å². The van der Waals surface area contributed by atoms with Crippen molar-refractivity contribution >= 4 is 11.9 Å². The lowest BCUT2D eigenvalue weighted by Gasteiger charge is -2.22. The molecule has 0 aromatic carbocycles. The van der Waals surface area contributed by atoms with E-state index >= 15 is 0 Å². The third kappa shape index (κ3) is 1.54. The highest BCUT2D eigenvalue weighted by Gasteiger charge is 2.49. The average Bonchev–Trinajstić information content (AvgIpc) is 2.00. The second-order valence-electron chi connectivity index (χ2n) is 2.69. The molecule has 0 rings (SSSR count). The quantitative estimate of drug-likeness (QED) is 0.606. The zero-order valence-corrected chi connectivity index (χ0v) is 7.00. The third-order valence-corrected chi connectivity index (χ3v) is 1.96. The number of amides is 1. The summed E-state index contributed by atoms with van der Waals surface area (Å²) in [6.45, 7) is 2.92. The van der Waals surface area contributed by atoms with E-state index in [1.165, 1.54) is 6.92 Å². The molecule has 0 heterocycles. The van der Waals surface area contributed by atoms with Crippen LogP contribution in [-0.4, -0.2) is 22.7 Å². The van der Waals surface area contributed by atoms with E-state index in [1.807, 2.05) is 0 Å². The molecule has 0 spiro atoms. The van der Waals surface area contributed by atoms with Gasteiger partial charge >= 0.3 is 5.97 Å². The Morgan fingerprint density at radius 2 is 2.08 bits per heavy atom. The number of carboxylic acids is 1. The first-order chi connectivity index (χ1) is 5.37. The minimum atomic E-state index is -2.94. The van der Waals surface area contributed by atoms with E-state index in [0.29, 0.717) is 0 Å². The second-order valence-corrected chi connectivity index (χ2v) is 2.69. The summed E-state index contributed by atoms with van der Waals surface area (Å²) >= 11 is 0. The number of aliphatic carboxylic acids is 1. The standard InChI is InChI=1S/C7H12FNO3/c1-3-4(2)7(8,5(9)10)6(11)12/h4H,3H2,1-2H3,(H2,9,10)(H,11,12). The van der Waals surface area contributed by atoms with Crippen LogP contribution in [0.3, 0.4) is 0 Å². The van der Waals surface area contributed by atoms with Crippen LogP contribution in [0.25, 0.3) is 0 Å². The third-order valence-electron chi connectivity index (χ3n) is 1.96. The Morgan fingerprint density at radius 3 is 2.17 bits per heavy atom. The number of hydrogen-bond acceptors (Lipinski definition) is 2. The highest BCUT2D eigenvalue weighted by Crippen LogP contribution is 2.25. The molecule has 0 saturated carbocycles. The Morgan fingerprint density at radius 1 is 1.67 bits per heavy atom. The lowest BCUT2D eigenvalue weighted by Crippen LogP contribution is -2.51. The van der Waals surface area contributed by atoms with E-state index in [2.05, 4.69) is 5.73 Å². The van der Waals surface area contributed by atoms with Crippen molar-refractivity contribution in [2.45, 2.75) is 25.9 Å². The summed E-state index contributed by atoms with van der Waals surface area (Å²) in [6.07, 6.45) is 0.242. The molecule has 2 atom stereocenters. The first-order valence-corrected chi connectivity index (χ1v) is 3.59. The topological polar surface area (TPSA) is 80.4 Å². The molecule has 0 aromatic heterocycles. The first-order valence-electron chi connectivity index (χ1n) is 3.59. The number of halogens is 1. The highest BCUT2D eigenvalue weighted by molar-refractivity contribution is 6.04. The molecule has 3 N–H and O–H groups in total. The van der Waals surface area contributed by atoms with Gasteiger partial charge in [0.25, 0.3) is 11.6 Å². The molecule has 70 valence electrons. The lowest BCUT2D eigenvalue weighted by molar-refractivity contribution is -0.161. The second kappa shape index (κ2) is 3.51. The molecule has 0 aliphatic rings. The molecule has 0 bridgehead atoms. The van der Waals surface area contributed by atoms with Crippen LogP contribution >= 0.6 is 0 Å². The van der Waals surface area contributed by atoms with Crippen LogP contribution in [0.4, 0.5) is 4.39 Å². The Labute approximate surface area is 69.6 Å². The monoisotopic (exact) mass is 177 g/mol. The number of alkyl halides is 1. The van der Waals surface area contributed by atoms with Crippen LogP contribution in [0, 0.1) is 5.92 Å². The molecule has 0 aliphatic heterocycles. The molecule has 5 heteroatoms. The molecule has 1 amide bonds. The summed E-state index contributed by atoms with van der Waals surface area (Å²) in [5, 5.41) is 8.43. The number of hydrogen-bond donors (Lipinski definition) is 2. The minimum absolute atomic E-state index is 0.242. The summed E-state index contributed by atoms with van der Waals surface area (Å²) in [6, 6.07) is 0. The van der Waals surface area contributed by atoms with E-state index in [9.17, 15) is 14.0 Å². The van der Waals surface area contributed by atoms with Gasteiger partial charge in [-0.15, -0.1) is 0 Å². The van der Waals surface area contributed by atoms with Crippen LogP contribution in [0.5, 0.6) is 0 Å². The van der Waals surface area contributed by atoms with Crippen molar-refractivity contribution < 1.29 is 19.1 Å². The molecule has 0 aromatic rings. The average molecular weight is 177 g/mol. The van der Waals surface area contributed by atoms with Crippen molar-refractivity contribution in [1.82, 2.24) is 0 Å². The van der Waals surface area contributed by atoms with Gasteiger partial charge in [0, 0.05) is 5.92 Å². The number of carbonyl (C=O) groups excluding carboxylic acids is 1. The predicted molar refractivity (Wildman–Crippen MR) is 40.1 cm³/mol. The van der Waals surface area contributed by atoms with Crippen molar-refractivity contribution in [3.05, 3.63) is 0 Å². The van der Waals surface area contributed by atoms with Crippen molar-refractivity contribution in [3.63, 3.8) is 0 Å². The maximum absolute atomic E-state index is 13.4. The van der Waals surface area contributed by atoms with Crippen molar-refractivity contribution in [3.8, 4) is 0 Å². The van der Waals surface area contributed by atoms with Gasteiger partial charge in [-0.25, -0.2) is 9.18 Å². The van der Waals surface area contributed by atoms with E-state index < -0.39 is 23.5 Å². The molecular weight excluding hydrogens is 165 g/mol. The normalized spacial score (nSPS) is 17.9. The number of rotatable bonds is 4. The fourth-order valence-corrected chi connectivity index (χ4v) is 0.840. The van der Waals surface area contributed by atoms with Gasteiger partial charge in [-0.2, -0.15) is 0 Å². The largest absolute Gasteiger partial charge is 0.478 e. The number of primary amides is 1. The highest BCUT2D eigenvalue weighted by atomic mass is 19.1. The van der Waals surface area contributed by atoms with E-state index in [1.54, 1.807) is 6.92 Å². The predicted octanol–water partition coefficient (Wildman–Crippen LogP) is 0.311. The fourth-order valence-electron chi connectivity index (χ4n) is 0.840. The van der Waals surface area contributed by atoms with Crippen LogP contribution in [0.2, 0.25) is 0 Å². The number of nitrogens with two attached hydrogens (primary N) is 1. The van der Waals surface area contributed by atoms with Gasteiger partial charge in [0.1, 0.15) is 0 Å². The summed E-state index contributed by atoms with van der Waals surface area (Å²) < 4.78 is 13.4. The maximum atomic E-state index is 13.4. The fraction of sp³-hybridized carbons (Fsp3) is 0.714. The maximum Gasteiger partial charge on any atom is 0.351 e. The van der Waals surface area contributed by atoms with Gasteiger partial charge in [-0.1, -0.05) is 13.8 Å². The minimum Gasteiger partial charge on any atom is -0.478 e. The van der Waals surface area contributed by atoms with Crippen molar-refractivity contribution in [2.75, 3.05) is 0 Å². The van der Waals surface area contributed by atoms with E-state index in [-0.39, 0.29) is 6.42 Å². The van der Waals surface area contributed by atoms with Gasteiger partial charge in [-0.3, -0.25) is 4.79 Å². The summed E-state index contributed by atoms with van der Waals surface area (Å²) in [5.41, 5.74) is 1.72. The molecule has 0 fully saturated rings. The molecule has 12 heavy (non-hydrogen) atoms. The van der Waals surface area contributed by atoms with Gasteiger partial charge < -0.3 is 10.8 Å². The summed E-state index contributed by atoms with van der Waals surface area (Å²) in [5.74, 6) is -4.17. The van der Waals surface area contributed by atoms with Crippen molar-refractivity contribution in [1.29, 1.82) is 0 Å². The van der Waals surface area contributed by atoms with Gasteiger partial charge in [0.05, 0.1) is 0 Å². The Balaban J connectivity index is 4.87. The van der Waals surface area contributed by atoms with Crippen LogP contribution in [-0.2, 0) is 9.59 Å². The molecule has 4 nitrogen and oxygen atoms in total. The SMILES string of the molecule is CCC(C)C(F)(C(N)=O)C(=O)O. The summed E-state index contributed by atoms with van der Waals surface area (Å²) in [4.78, 5) is 20.9. The number of carboxylic acid groups (broad SMARTS) is 1. The number of carbonyl (C=O) groups is 2. The van der Waals surface area contributed by atoms with Gasteiger partial charge in [0.2, 0.25) is 0 Å². The van der Waals surface area contributed by atoms with E-state index in [0.717, 1.165) is 0 Å². The Hall–Kier alpha value is -1.13. The first kappa shape index (κ1) is 10.9. The molecule has 0 saturated heterocycles. The van der Waals surface area contributed by atoms with Crippen LogP contribution in [0.15, 0.2) is 0 Å². The summed E-state index contributed by atoms with van der Waals surface area (Å²) in [7, 11) is 0.